The van der Waals surface area contributed by atoms with Crippen molar-refractivity contribution in [2.24, 2.45) is 0 Å². The monoisotopic (exact) mass is 419 g/mol. The van der Waals surface area contributed by atoms with Crippen LogP contribution in [0.4, 0.5) is 11.4 Å². The van der Waals surface area contributed by atoms with Gasteiger partial charge >= 0.3 is 0 Å². The third-order valence-corrected chi connectivity index (χ3v) is 5.85. The lowest BCUT2D eigenvalue weighted by Crippen LogP contribution is -2.15. The molecule has 0 aliphatic rings. The molecular formula is C16H10ClN5O3S2. The Labute approximate surface area is 165 Å². The maximum absolute atomic E-state index is 12.3. The predicted molar refractivity (Wildman–Crippen MR) is 106 cm³/mol. The number of hydrogen-bond acceptors (Lipinski definition) is 7. The van der Waals surface area contributed by atoms with Crippen molar-refractivity contribution in [3.63, 3.8) is 0 Å². The Morgan fingerprint density at radius 2 is 2.11 bits per heavy atom. The van der Waals surface area contributed by atoms with Crippen molar-refractivity contribution >= 4 is 67.2 Å². The molecule has 0 atom stereocenters. The van der Waals surface area contributed by atoms with Crippen LogP contribution in [0.5, 0.6) is 0 Å². The Morgan fingerprint density at radius 3 is 2.93 bits per heavy atom. The van der Waals surface area contributed by atoms with Gasteiger partial charge in [0.2, 0.25) is 10.9 Å². The summed E-state index contributed by atoms with van der Waals surface area (Å²) < 4.78 is 2.97. The standard InChI is InChI=1S/C16H10ClN5O3S2/c17-9-5-6-10(12(7-9)22(24)25)18-14(23)8-26-15-19-20-16-21(15)11-3-1-2-4-13(11)27-16/h1-7H,8H2,(H,18,23). The van der Waals surface area contributed by atoms with Crippen molar-refractivity contribution in [2.45, 2.75) is 5.16 Å². The largest absolute Gasteiger partial charge is 0.320 e. The molecule has 0 radical (unpaired) electrons. The van der Waals surface area contributed by atoms with Crippen LogP contribution < -0.4 is 5.32 Å². The van der Waals surface area contributed by atoms with E-state index in [1.54, 1.807) is 0 Å². The number of hydrogen-bond donors (Lipinski definition) is 1. The van der Waals surface area contributed by atoms with E-state index < -0.39 is 4.92 Å². The van der Waals surface area contributed by atoms with Gasteiger partial charge in [-0.05, 0) is 24.3 Å². The first kappa shape index (κ1) is 17.7. The van der Waals surface area contributed by atoms with Gasteiger partial charge in [0.15, 0.2) is 5.16 Å². The molecule has 0 saturated carbocycles. The van der Waals surface area contributed by atoms with E-state index >= 15 is 0 Å². The molecule has 4 aromatic rings. The summed E-state index contributed by atoms with van der Waals surface area (Å²) in [6.07, 6.45) is 0. The predicted octanol–water partition coefficient (Wildman–Crippen LogP) is 4.24. The number of anilines is 1. The Balaban J connectivity index is 1.52. The molecule has 0 bridgehead atoms. The molecule has 2 aromatic carbocycles. The van der Waals surface area contributed by atoms with Crippen LogP contribution in [0.15, 0.2) is 47.6 Å². The molecule has 0 spiro atoms. The molecule has 0 saturated heterocycles. The fraction of sp³-hybridized carbons (Fsp3) is 0.0625. The summed E-state index contributed by atoms with van der Waals surface area (Å²) in [4.78, 5) is 23.5. The van der Waals surface area contributed by atoms with Crippen molar-refractivity contribution in [3.05, 3.63) is 57.6 Å². The fourth-order valence-corrected chi connectivity index (χ4v) is 4.46. The lowest BCUT2D eigenvalue weighted by molar-refractivity contribution is -0.383. The van der Waals surface area contributed by atoms with Gasteiger partial charge in [0.05, 0.1) is 20.9 Å². The summed E-state index contributed by atoms with van der Waals surface area (Å²) >= 11 is 8.50. The first-order valence-corrected chi connectivity index (χ1v) is 9.80. The van der Waals surface area contributed by atoms with Gasteiger partial charge in [-0.15, -0.1) is 10.2 Å². The quantitative estimate of drug-likeness (QED) is 0.295. The van der Waals surface area contributed by atoms with Crippen LogP contribution >= 0.6 is 34.7 Å². The summed E-state index contributed by atoms with van der Waals surface area (Å²) in [5, 5.41) is 22.7. The molecular weight excluding hydrogens is 410 g/mol. The zero-order chi connectivity index (χ0) is 19.0. The lowest BCUT2D eigenvalue weighted by atomic mass is 10.2. The average molecular weight is 420 g/mol. The smallest absolute Gasteiger partial charge is 0.294 e. The highest BCUT2D eigenvalue weighted by Gasteiger charge is 2.18. The molecule has 0 aliphatic heterocycles. The lowest BCUT2D eigenvalue weighted by Gasteiger charge is -2.06. The number of nitrogens with zero attached hydrogens (tertiary/aromatic N) is 4. The van der Waals surface area contributed by atoms with Crippen LogP contribution in [0.25, 0.3) is 15.2 Å². The molecule has 0 unspecified atom stereocenters. The van der Waals surface area contributed by atoms with Gasteiger partial charge in [0.1, 0.15) is 5.69 Å². The molecule has 8 nitrogen and oxygen atoms in total. The van der Waals surface area contributed by atoms with E-state index in [4.69, 9.17) is 11.6 Å². The Bertz CT molecular complexity index is 1190. The second-order valence-electron chi connectivity index (χ2n) is 5.43. The maximum atomic E-state index is 12.3. The number of benzene rings is 2. The highest BCUT2D eigenvalue weighted by Crippen LogP contribution is 2.30. The number of aromatic nitrogens is 3. The van der Waals surface area contributed by atoms with E-state index in [-0.39, 0.29) is 28.1 Å². The number of para-hydroxylation sites is 1. The van der Waals surface area contributed by atoms with Crippen LogP contribution in [-0.2, 0) is 4.79 Å². The Kier molecular flexibility index (Phi) is 4.68. The van der Waals surface area contributed by atoms with Crippen molar-refractivity contribution in [1.29, 1.82) is 0 Å². The van der Waals surface area contributed by atoms with Crippen LogP contribution in [0.2, 0.25) is 5.02 Å². The van der Waals surface area contributed by atoms with Gasteiger partial charge in [-0.1, -0.05) is 46.8 Å². The van der Waals surface area contributed by atoms with E-state index in [1.165, 1.54) is 41.3 Å². The van der Waals surface area contributed by atoms with Crippen molar-refractivity contribution in [2.75, 3.05) is 11.1 Å². The summed E-state index contributed by atoms with van der Waals surface area (Å²) in [6.45, 7) is 0. The number of thiazole rings is 1. The van der Waals surface area contributed by atoms with E-state index in [9.17, 15) is 14.9 Å². The van der Waals surface area contributed by atoms with Crippen LogP contribution in [0.1, 0.15) is 0 Å². The van der Waals surface area contributed by atoms with Crippen molar-refractivity contribution < 1.29 is 9.72 Å². The molecule has 0 aliphatic carbocycles. The van der Waals surface area contributed by atoms with Gasteiger partial charge in [-0.25, -0.2) is 0 Å². The minimum absolute atomic E-state index is 0.0325. The highest BCUT2D eigenvalue weighted by atomic mass is 35.5. The number of thioether (sulfide) groups is 1. The number of nitrogens with one attached hydrogen (secondary N) is 1. The normalized spacial score (nSPS) is 11.1. The molecule has 4 rings (SSSR count). The van der Waals surface area contributed by atoms with E-state index in [2.05, 4.69) is 15.5 Å². The summed E-state index contributed by atoms with van der Waals surface area (Å²) in [6, 6.07) is 11.9. The number of halogens is 1. The number of nitro benzene ring substituents is 1. The van der Waals surface area contributed by atoms with Crippen LogP contribution in [0.3, 0.4) is 0 Å². The zero-order valence-corrected chi connectivity index (χ0v) is 15.8. The molecule has 2 heterocycles. The SMILES string of the molecule is O=C(CSc1nnc2sc3ccccc3n12)Nc1ccc(Cl)cc1[N+](=O)[O-]. The molecule has 11 heteroatoms. The number of carbonyl (C=O) groups is 1. The van der Waals surface area contributed by atoms with Gasteiger partial charge < -0.3 is 5.32 Å². The van der Waals surface area contributed by atoms with Crippen molar-refractivity contribution in [1.82, 2.24) is 14.6 Å². The number of rotatable bonds is 5. The van der Waals surface area contributed by atoms with Gasteiger partial charge in [-0.2, -0.15) is 0 Å². The maximum Gasteiger partial charge on any atom is 0.294 e. The first-order chi connectivity index (χ1) is 13.0. The number of amides is 1. The zero-order valence-electron chi connectivity index (χ0n) is 13.5. The summed E-state index contributed by atoms with van der Waals surface area (Å²) in [7, 11) is 0. The third-order valence-electron chi connectivity index (χ3n) is 3.67. The van der Waals surface area contributed by atoms with Gasteiger partial charge in [-0.3, -0.25) is 19.3 Å². The summed E-state index contributed by atoms with van der Waals surface area (Å²) in [5.74, 6) is -0.355. The first-order valence-electron chi connectivity index (χ1n) is 7.62. The summed E-state index contributed by atoms with van der Waals surface area (Å²) in [5.41, 5.74) is 0.815. The Hall–Kier alpha value is -2.69. The van der Waals surface area contributed by atoms with E-state index in [0.717, 1.165) is 15.2 Å². The highest BCUT2D eigenvalue weighted by molar-refractivity contribution is 7.99. The number of carbonyl (C=O) groups excluding carboxylic acids is 1. The second-order valence-corrected chi connectivity index (χ2v) is 7.81. The van der Waals surface area contributed by atoms with Crippen LogP contribution in [-0.4, -0.2) is 31.2 Å². The fourth-order valence-electron chi connectivity index (χ4n) is 2.53. The van der Waals surface area contributed by atoms with Crippen molar-refractivity contribution in [3.8, 4) is 0 Å². The minimum Gasteiger partial charge on any atom is -0.320 e. The average Bonchev–Trinajstić information content (AvgIpc) is 3.20. The Morgan fingerprint density at radius 1 is 1.30 bits per heavy atom. The molecule has 136 valence electrons. The minimum atomic E-state index is -0.589. The third kappa shape index (κ3) is 3.46. The number of nitro groups is 1. The molecule has 2 aromatic heterocycles. The topological polar surface area (TPSA) is 102 Å². The van der Waals surface area contributed by atoms with Gasteiger partial charge in [0.25, 0.3) is 5.69 Å². The molecule has 1 amide bonds. The number of fused-ring (bicyclic) bond motifs is 3. The van der Waals surface area contributed by atoms with Crippen LogP contribution in [0, 0.1) is 10.1 Å². The molecule has 1 N–H and O–H groups in total. The van der Waals surface area contributed by atoms with E-state index in [0.29, 0.717) is 5.16 Å². The second kappa shape index (κ2) is 7.14. The molecule has 0 fully saturated rings. The van der Waals surface area contributed by atoms with E-state index in [1.807, 2.05) is 28.7 Å². The van der Waals surface area contributed by atoms with Gasteiger partial charge in [0, 0.05) is 11.1 Å². The molecule has 27 heavy (non-hydrogen) atoms.